The maximum atomic E-state index is 4.67. The number of nitrogens with zero attached hydrogens (tertiary/aromatic N) is 6. The van der Waals surface area contributed by atoms with Gasteiger partial charge in [0.05, 0.1) is 31.0 Å². The minimum Gasteiger partial charge on any atom is -0.364 e. The molecule has 0 aliphatic carbocycles. The van der Waals surface area contributed by atoms with Crippen molar-refractivity contribution in [2.45, 2.75) is 26.6 Å². The molecule has 1 N–H and O–H groups in total. The second kappa shape index (κ2) is 6.27. The van der Waals surface area contributed by atoms with Crippen LogP contribution in [0.3, 0.4) is 0 Å². The Labute approximate surface area is 140 Å². The number of nitrogens with one attached hydrogen (secondary N) is 1. The molecule has 0 radical (unpaired) electrons. The number of hydrogen-bond acceptors (Lipinski definition) is 6. The molecule has 1 aliphatic heterocycles. The summed E-state index contributed by atoms with van der Waals surface area (Å²) in [5.74, 6) is 0.623. The van der Waals surface area contributed by atoms with Gasteiger partial charge in [-0.05, 0) is 31.2 Å². The first kappa shape index (κ1) is 14.6. The summed E-state index contributed by atoms with van der Waals surface area (Å²) in [5, 5.41) is 7.87. The Kier molecular flexibility index (Phi) is 3.82. The van der Waals surface area contributed by atoms with Crippen LogP contribution in [0.1, 0.15) is 17.1 Å². The number of rotatable bonds is 4. The molecule has 0 saturated carbocycles. The Morgan fingerprint density at radius 2 is 1.96 bits per heavy atom. The van der Waals surface area contributed by atoms with Gasteiger partial charge in [-0.1, -0.05) is 0 Å². The average molecular weight is 321 g/mol. The molecule has 3 aromatic heterocycles. The minimum atomic E-state index is 0.623. The van der Waals surface area contributed by atoms with Gasteiger partial charge in [-0.3, -0.25) is 9.67 Å². The van der Waals surface area contributed by atoms with E-state index in [4.69, 9.17) is 0 Å². The first-order valence-electron chi connectivity index (χ1n) is 8.02. The number of hydrogen-bond donors (Lipinski definition) is 1. The van der Waals surface area contributed by atoms with Crippen molar-refractivity contribution in [3.8, 4) is 0 Å². The highest BCUT2D eigenvalue weighted by Crippen LogP contribution is 2.21. The van der Waals surface area contributed by atoms with Crippen LogP contribution in [0, 0.1) is 6.92 Å². The number of pyridine rings is 1. The van der Waals surface area contributed by atoms with Crippen LogP contribution >= 0.6 is 0 Å². The summed E-state index contributed by atoms with van der Waals surface area (Å²) in [5.41, 5.74) is 4.48. The third-order valence-corrected chi connectivity index (χ3v) is 4.09. The second-order valence-electron chi connectivity index (χ2n) is 5.85. The van der Waals surface area contributed by atoms with Gasteiger partial charge in [-0.25, -0.2) is 9.97 Å². The van der Waals surface area contributed by atoms with E-state index in [9.17, 15) is 0 Å². The predicted molar refractivity (Wildman–Crippen MR) is 91.6 cm³/mol. The summed E-state index contributed by atoms with van der Waals surface area (Å²) in [6.07, 6.45) is 5.32. The molecule has 4 rings (SSSR count). The fourth-order valence-corrected chi connectivity index (χ4v) is 2.92. The Morgan fingerprint density at radius 1 is 1.08 bits per heavy atom. The van der Waals surface area contributed by atoms with Crippen molar-refractivity contribution in [3.05, 3.63) is 59.9 Å². The largest absolute Gasteiger partial charge is 0.364 e. The van der Waals surface area contributed by atoms with Crippen molar-refractivity contribution in [1.29, 1.82) is 0 Å². The molecule has 0 atom stereocenters. The van der Waals surface area contributed by atoms with Gasteiger partial charge in [0.1, 0.15) is 0 Å². The van der Waals surface area contributed by atoms with Crippen molar-refractivity contribution in [3.63, 3.8) is 0 Å². The lowest BCUT2D eigenvalue weighted by molar-refractivity contribution is 0.516. The van der Waals surface area contributed by atoms with E-state index in [0.29, 0.717) is 12.5 Å². The highest BCUT2D eigenvalue weighted by atomic mass is 15.3. The summed E-state index contributed by atoms with van der Waals surface area (Å²) in [4.78, 5) is 15.0. The van der Waals surface area contributed by atoms with E-state index in [1.165, 1.54) is 11.4 Å². The summed E-state index contributed by atoms with van der Waals surface area (Å²) in [7, 11) is 0. The molecule has 122 valence electrons. The van der Waals surface area contributed by atoms with Gasteiger partial charge in [0, 0.05) is 36.5 Å². The monoisotopic (exact) mass is 321 g/mol. The van der Waals surface area contributed by atoms with E-state index >= 15 is 0 Å². The van der Waals surface area contributed by atoms with Crippen molar-refractivity contribution >= 4 is 11.6 Å². The van der Waals surface area contributed by atoms with Crippen LogP contribution in [0.4, 0.5) is 11.6 Å². The Bertz CT molecular complexity index is 828. The summed E-state index contributed by atoms with van der Waals surface area (Å²) < 4.78 is 2.09. The molecule has 4 heterocycles. The van der Waals surface area contributed by atoms with E-state index in [1.807, 2.05) is 13.1 Å². The van der Waals surface area contributed by atoms with Gasteiger partial charge in [0.2, 0.25) is 5.95 Å². The van der Waals surface area contributed by atoms with Crippen LogP contribution in [0.5, 0.6) is 0 Å². The fourth-order valence-electron chi connectivity index (χ4n) is 2.92. The van der Waals surface area contributed by atoms with E-state index < -0.39 is 0 Å². The third-order valence-electron chi connectivity index (χ3n) is 4.09. The molecule has 7 heteroatoms. The van der Waals surface area contributed by atoms with Crippen LogP contribution in [-0.4, -0.2) is 31.3 Å². The van der Waals surface area contributed by atoms with Gasteiger partial charge < -0.3 is 10.2 Å². The standard InChI is InChI=1S/C17H19N7/c1-13-9-15(3-6-18-13)23-7-8-24-16(12-23)10-14(22-24)11-21-17-19-4-2-5-20-17/h2-6,9-10H,7-8,11-12H2,1H3,(H,19,20,21). The van der Waals surface area contributed by atoms with E-state index in [1.54, 1.807) is 18.5 Å². The zero-order valence-electron chi connectivity index (χ0n) is 13.6. The van der Waals surface area contributed by atoms with Gasteiger partial charge >= 0.3 is 0 Å². The molecule has 24 heavy (non-hydrogen) atoms. The van der Waals surface area contributed by atoms with Gasteiger partial charge in [-0.15, -0.1) is 0 Å². The normalized spacial score (nSPS) is 13.6. The molecule has 1 aliphatic rings. The van der Waals surface area contributed by atoms with Crippen LogP contribution < -0.4 is 10.2 Å². The fraction of sp³-hybridized carbons (Fsp3) is 0.294. The minimum absolute atomic E-state index is 0.623. The second-order valence-corrected chi connectivity index (χ2v) is 5.85. The lowest BCUT2D eigenvalue weighted by atomic mass is 10.2. The lowest BCUT2D eigenvalue weighted by Crippen LogP contribution is -2.33. The molecule has 0 amide bonds. The smallest absolute Gasteiger partial charge is 0.222 e. The number of aryl methyl sites for hydroxylation is 1. The highest BCUT2D eigenvalue weighted by Gasteiger charge is 2.18. The Hall–Kier alpha value is -2.96. The molecule has 0 fully saturated rings. The van der Waals surface area contributed by atoms with Crippen LogP contribution in [-0.2, 0) is 19.6 Å². The van der Waals surface area contributed by atoms with Gasteiger partial charge in [0.25, 0.3) is 0 Å². The Balaban J connectivity index is 1.46. The lowest BCUT2D eigenvalue weighted by Gasteiger charge is -2.29. The molecule has 0 spiro atoms. The Morgan fingerprint density at radius 3 is 2.79 bits per heavy atom. The SMILES string of the molecule is Cc1cc(N2CCn3nc(CNc4ncccn4)cc3C2)ccn1. The van der Waals surface area contributed by atoms with Gasteiger partial charge in [-0.2, -0.15) is 5.10 Å². The van der Waals surface area contributed by atoms with Crippen molar-refractivity contribution in [2.75, 3.05) is 16.8 Å². The van der Waals surface area contributed by atoms with Crippen molar-refractivity contribution in [1.82, 2.24) is 24.7 Å². The number of aromatic nitrogens is 5. The summed E-state index contributed by atoms with van der Waals surface area (Å²) in [6, 6.07) is 8.14. The number of fused-ring (bicyclic) bond motifs is 1. The van der Waals surface area contributed by atoms with Crippen LogP contribution in [0.15, 0.2) is 42.9 Å². The van der Waals surface area contributed by atoms with E-state index in [-0.39, 0.29) is 0 Å². The molecule has 7 nitrogen and oxygen atoms in total. The highest BCUT2D eigenvalue weighted by molar-refractivity contribution is 5.47. The maximum absolute atomic E-state index is 4.67. The molecule has 0 aromatic carbocycles. The number of anilines is 2. The van der Waals surface area contributed by atoms with Crippen molar-refractivity contribution < 1.29 is 0 Å². The zero-order chi connectivity index (χ0) is 16.4. The maximum Gasteiger partial charge on any atom is 0.222 e. The van der Waals surface area contributed by atoms with Gasteiger partial charge in [0.15, 0.2) is 0 Å². The average Bonchev–Trinajstić information content (AvgIpc) is 3.03. The van der Waals surface area contributed by atoms with E-state index in [0.717, 1.165) is 31.0 Å². The summed E-state index contributed by atoms with van der Waals surface area (Å²) >= 11 is 0. The molecule has 3 aromatic rings. The summed E-state index contributed by atoms with van der Waals surface area (Å²) in [6.45, 7) is 5.34. The third kappa shape index (κ3) is 3.05. The van der Waals surface area contributed by atoms with Crippen LogP contribution in [0.2, 0.25) is 0 Å². The van der Waals surface area contributed by atoms with E-state index in [2.05, 4.69) is 53.1 Å². The molecular formula is C17H19N7. The quantitative estimate of drug-likeness (QED) is 0.792. The first-order valence-corrected chi connectivity index (χ1v) is 8.02. The molecule has 0 bridgehead atoms. The topological polar surface area (TPSA) is 71.8 Å². The van der Waals surface area contributed by atoms with Crippen LogP contribution in [0.25, 0.3) is 0 Å². The zero-order valence-corrected chi connectivity index (χ0v) is 13.6. The predicted octanol–water partition coefficient (Wildman–Crippen LogP) is 2.01. The molecule has 0 saturated heterocycles. The molecular weight excluding hydrogens is 302 g/mol. The van der Waals surface area contributed by atoms with Crippen molar-refractivity contribution in [2.24, 2.45) is 0 Å². The first-order chi connectivity index (χ1) is 11.8. The molecule has 0 unspecified atom stereocenters.